The predicted octanol–water partition coefficient (Wildman–Crippen LogP) is 8.08. The number of hydrogen-bond donors (Lipinski definition) is 1. The quantitative estimate of drug-likeness (QED) is 0.261. The third-order valence-corrected chi connectivity index (χ3v) is 5.59. The van der Waals surface area contributed by atoms with Gasteiger partial charge in [-0.25, -0.2) is 0 Å². The second kappa shape index (κ2) is 11.0. The molecule has 0 aliphatic rings. The predicted molar refractivity (Wildman–Crippen MR) is 131 cm³/mol. The van der Waals surface area contributed by atoms with Gasteiger partial charge in [0.1, 0.15) is 18.2 Å². The number of nitriles is 1. The number of rotatable bonds is 6. The fourth-order valence-electron chi connectivity index (χ4n) is 2.64. The van der Waals surface area contributed by atoms with Crippen LogP contribution in [-0.2, 0) is 11.4 Å². The minimum atomic E-state index is -0.584. The van der Waals surface area contributed by atoms with Crippen molar-refractivity contribution in [2.24, 2.45) is 0 Å². The van der Waals surface area contributed by atoms with Crippen LogP contribution < -0.4 is 10.1 Å². The van der Waals surface area contributed by atoms with Crippen molar-refractivity contribution >= 4 is 75.7 Å². The maximum atomic E-state index is 12.4. The van der Waals surface area contributed by atoms with E-state index in [1.165, 1.54) is 6.08 Å². The van der Waals surface area contributed by atoms with Crippen LogP contribution in [0.4, 0.5) is 5.69 Å². The fourth-order valence-corrected chi connectivity index (χ4v) is 3.84. The van der Waals surface area contributed by atoms with Crippen LogP contribution in [0, 0.1) is 11.3 Å². The van der Waals surface area contributed by atoms with Crippen LogP contribution in [0.5, 0.6) is 5.75 Å². The van der Waals surface area contributed by atoms with E-state index < -0.39 is 5.91 Å². The molecule has 0 radical (unpaired) electrons. The number of hydrogen-bond acceptors (Lipinski definition) is 3. The normalized spacial score (nSPS) is 11.1. The number of carbonyl (C=O) groups excluding carboxylic acids is 1. The number of halogens is 5. The maximum Gasteiger partial charge on any atom is 0.266 e. The zero-order valence-electron chi connectivity index (χ0n) is 16.1. The monoisotopic (exact) mass is 524 g/mol. The first kappa shape index (κ1) is 24.3. The van der Waals surface area contributed by atoms with Gasteiger partial charge in [0.15, 0.2) is 5.75 Å². The van der Waals surface area contributed by atoms with Crippen LogP contribution in [0.15, 0.2) is 60.2 Å². The lowest BCUT2D eigenvalue weighted by atomic mass is 10.1. The smallest absolute Gasteiger partial charge is 0.266 e. The molecule has 0 saturated carbocycles. The average molecular weight is 527 g/mol. The Morgan fingerprint density at radius 3 is 2.12 bits per heavy atom. The largest absolute Gasteiger partial charge is 0.486 e. The minimum Gasteiger partial charge on any atom is -0.486 e. The van der Waals surface area contributed by atoms with Gasteiger partial charge in [0, 0.05) is 26.3 Å². The number of nitrogens with zero attached hydrogens (tertiary/aromatic N) is 1. The number of anilines is 1. The molecular formula is C23H13Cl5N2O2. The summed E-state index contributed by atoms with van der Waals surface area (Å²) in [6.07, 6.45) is 1.38. The molecule has 4 nitrogen and oxygen atoms in total. The van der Waals surface area contributed by atoms with Crippen molar-refractivity contribution in [1.82, 2.24) is 0 Å². The maximum absolute atomic E-state index is 12.4. The zero-order chi connectivity index (χ0) is 23.3. The van der Waals surface area contributed by atoms with Gasteiger partial charge in [0.05, 0.1) is 10.0 Å². The Labute approximate surface area is 209 Å². The van der Waals surface area contributed by atoms with Crippen LogP contribution in [0.3, 0.4) is 0 Å². The molecule has 0 aliphatic carbocycles. The standard InChI is InChI=1S/C23H13Cl5N2O2/c24-16-3-5-18(6-4-16)30-23(31)15(11-29)7-13-8-20(27)22(21(28)9-13)32-12-14-1-2-17(25)10-19(14)26/h1-10H,12H2,(H,30,31)/b15-7-. The minimum absolute atomic E-state index is 0.123. The molecule has 0 aliphatic heterocycles. The van der Waals surface area contributed by atoms with E-state index in [4.69, 9.17) is 62.7 Å². The summed E-state index contributed by atoms with van der Waals surface area (Å²) in [6, 6.07) is 16.5. The molecule has 3 rings (SSSR count). The molecule has 0 heterocycles. The summed E-state index contributed by atoms with van der Waals surface area (Å²) < 4.78 is 5.73. The van der Waals surface area contributed by atoms with Gasteiger partial charge in [-0.3, -0.25) is 4.79 Å². The van der Waals surface area contributed by atoms with Crippen molar-refractivity contribution in [2.75, 3.05) is 5.32 Å². The van der Waals surface area contributed by atoms with Crippen LogP contribution in [0.25, 0.3) is 6.08 Å². The van der Waals surface area contributed by atoms with E-state index in [0.717, 1.165) is 0 Å². The first-order valence-corrected chi connectivity index (χ1v) is 10.9. The Balaban J connectivity index is 1.77. The summed E-state index contributed by atoms with van der Waals surface area (Å²) >= 11 is 30.5. The van der Waals surface area contributed by atoms with Crippen molar-refractivity contribution in [1.29, 1.82) is 5.26 Å². The van der Waals surface area contributed by atoms with Crippen LogP contribution in [-0.4, -0.2) is 5.91 Å². The molecule has 9 heteroatoms. The Morgan fingerprint density at radius 2 is 1.53 bits per heavy atom. The molecule has 0 unspecified atom stereocenters. The Kier molecular flexibility index (Phi) is 8.31. The number of ether oxygens (including phenoxy) is 1. The average Bonchev–Trinajstić information content (AvgIpc) is 2.74. The molecule has 0 saturated heterocycles. The van der Waals surface area contributed by atoms with E-state index in [2.05, 4.69) is 5.32 Å². The lowest BCUT2D eigenvalue weighted by Crippen LogP contribution is -2.13. The van der Waals surface area contributed by atoms with Gasteiger partial charge in [-0.2, -0.15) is 5.26 Å². The highest BCUT2D eigenvalue weighted by Crippen LogP contribution is 2.36. The molecule has 0 fully saturated rings. The summed E-state index contributed by atoms with van der Waals surface area (Å²) in [4.78, 5) is 12.4. The zero-order valence-corrected chi connectivity index (χ0v) is 19.9. The summed E-state index contributed by atoms with van der Waals surface area (Å²) in [6.45, 7) is 0.123. The molecule has 3 aromatic carbocycles. The highest BCUT2D eigenvalue weighted by molar-refractivity contribution is 6.37. The van der Waals surface area contributed by atoms with E-state index in [-0.39, 0.29) is 28.0 Å². The third-order valence-electron chi connectivity index (χ3n) is 4.19. The molecule has 0 bridgehead atoms. The Morgan fingerprint density at radius 1 is 0.906 bits per heavy atom. The Hall–Kier alpha value is -2.39. The first-order valence-electron chi connectivity index (χ1n) is 9.01. The van der Waals surface area contributed by atoms with Crippen molar-refractivity contribution in [3.05, 3.63) is 96.4 Å². The van der Waals surface area contributed by atoms with E-state index in [1.54, 1.807) is 54.6 Å². The molecule has 1 amide bonds. The van der Waals surface area contributed by atoms with Gasteiger partial charge >= 0.3 is 0 Å². The summed E-state index contributed by atoms with van der Waals surface area (Å²) in [5.74, 6) is -0.333. The van der Waals surface area contributed by atoms with Crippen molar-refractivity contribution in [2.45, 2.75) is 6.61 Å². The molecule has 3 aromatic rings. The molecule has 32 heavy (non-hydrogen) atoms. The molecule has 162 valence electrons. The van der Waals surface area contributed by atoms with Crippen molar-refractivity contribution in [3.63, 3.8) is 0 Å². The van der Waals surface area contributed by atoms with Crippen LogP contribution >= 0.6 is 58.0 Å². The highest BCUT2D eigenvalue weighted by atomic mass is 35.5. The first-order chi connectivity index (χ1) is 15.3. The topological polar surface area (TPSA) is 62.1 Å². The SMILES string of the molecule is N#C/C(=C/c1cc(Cl)c(OCc2ccc(Cl)cc2Cl)c(Cl)c1)C(=O)Nc1ccc(Cl)cc1. The molecule has 0 atom stereocenters. The van der Waals surface area contributed by atoms with Gasteiger partial charge in [0.2, 0.25) is 0 Å². The lowest BCUT2D eigenvalue weighted by Gasteiger charge is -2.12. The van der Waals surface area contributed by atoms with E-state index in [1.807, 2.05) is 6.07 Å². The second-order valence-corrected chi connectivity index (χ2v) is 8.56. The number of amides is 1. The summed E-state index contributed by atoms with van der Waals surface area (Å²) in [7, 11) is 0. The highest BCUT2D eigenvalue weighted by Gasteiger charge is 2.14. The summed E-state index contributed by atoms with van der Waals surface area (Å²) in [5, 5.41) is 14.0. The number of nitrogens with one attached hydrogen (secondary N) is 1. The van der Waals surface area contributed by atoms with Gasteiger partial charge in [-0.1, -0.05) is 64.1 Å². The van der Waals surface area contributed by atoms with Gasteiger partial charge in [-0.15, -0.1) is 0 Å². The van der Waals surface area contributed by atoms with E-state index >= 15 is 0 Å². The third kappa shape index (κ3) is 6.32. The van der Waals surface area contributed by atoms with Crippen molar-refractivity contribution in [3.8, 4) is 11.8 Å². The molecule has 0 spiro atoms. The van der Waals surface area contributed by atoms with Gasteiger partial charge in [0.25, 0.3) is 5.91 Å². The number of benzene rings is 3. The van der Waals surface area contributed by atoms with Crippen LogP contribution in [0.1, 0.15) is 11.1 Å². The fraction of sp³-hybridized carbons (Fsp3) is 0.0435. The van der Waals surface area contributed by atoms with Crippen molar-refractivity contribution < 1.29 is 9.53 Å². The number of carbonyl (C=O) groups is 1. The van der Waals surface area contributed by atoms with Gasteiger partial charge in [-0.05, 0) is 60.2 Å². The lowest BCUT2D eigenvalue weighted by molar-refractivity contribution is -0.112. The summed E-state index contributed by atoms with van der Waals surface area (Å²) in [5.41, 5.74) is 1.53. The molecule has 0 aromatic heterocycles. The van der Waals surface area contributed by atoms with E-state index in [9.17, 15) is 10.1 Å². The second-order valence-electron chi connectivity index (χ2n) is 6.47. The molecule has 1 N–H and O–H groups in total. The molecular weight excluding hydrogens is 514 g/mol. The van der Waals surface area contributed by atoms with Crippen LogP contribution in [0.2, 0.25) is 25.1 Å². The van der Waals surface area contributed by atoms with Gasteiger partial charge < -0.3 is 10.1 Å². The van der Waals surface area contributed by atoms with E-state index in [0.29, 0.717) is 31.9 Å². The Bertz CT molecular complexity index is 1210.